The molecule has 3 aliphatic rings. The van der Waals surface area contributed by atoms with Gasteiger partial charge in [0.2, 0.25) is 11.8 Å². The Kier molecular flexibility index (Phi) is 3.13. The number of likely N-dealkylation sites (tertiary alicyclic amines) is 1. The van der Waals surface area contributed by atoms with Crippen LogP contribution in [0, 0.1) is 11.8 Å². The molecule has 1 N–H and O–H groups in total. The van der Waals surface area contributed by atoms with E-state index in [4.69, 9.17) is 9.15 Å². The first-order valence-electron chi connectivity index (χ1n) is 8.05. The van der Waals surface area contributed by atoms with E-state index in [1.807, 2.05) is 18.2 Å². The van der Waals surface area contributed by atoms with E-state index in [9.17, 15) is 9.59 Å². The molecule has 4 atom stereocenters. The lowest BCUT2D eigenvalue weighted by molar-refractivity contribution is -0.136. The zero-order valence-corrected chi connectivity index (χ0v) is 13.9. The lowest BCUT2D eigenvalue weighted by atomic mass is 9.77. The zero-order chi connectivity index (χ0) is 17.0. The number of aromatic nitrogens is 1. The molecule has 0 saturated carbocycles. The Morgan fingerprint density at radius 3 is 3.20 bits per heavy atom. The van der Waals surface area contributed by atoms with Gasteiger partial charge in [0.1, 0.15) is 11.4 Å². The van der Waals surface area contributed by atoms with Crippen LogP contribution in [0.1, 0.15) is 5.76 Å². The molecule has 0 aliphatic carbocycles. The number of carbonyl (C=O) groups is 2. The summed E-state index contributed by atoms with van der Waals surface area (Å²) in [4.78, 5) is 31.5. The van der Waals surface area contributed by atoms with E-state index in [1.165, 1.54) is 11.3 Å². The van der Waals surface area contributed by atoms with Crippen LogP contribution in [-0.4, -0.2) is 39.9 Å². The highest BCUT2D eigenvalue weighted by molar-refractivity contribution is 7.13. The molecule has 8 heteroatoms. The first kappa shape index (κ1) is 14.9. The minimum atomic E-state index is -0.709. The van der Waals surface area contributed by atoms with Crippen LogP contribution in [-0.2, 0) is 20.9 Å². The number of nitrogens with one attached hydrogen (secondary N) is 1. The summed E-state index contributed by atoms with van der Waals surface area (Å²) in [6.45, 7) is 0.817. The molecule has 5 rings (SSSR count). The van der Waals surface area contributed by atoms with Crippen LogP contribution in [0.5, 0.6) is 0 Å². The third kappa shape index (κ3) is 2.17. The van der Waals surface area contributed by atoms with Gasteiger partial charge in [-0.15, -0.1) is 11.3 Å². The maximum Gasteiger partial charge on any atom is 0.233 e. The topological polar surface area (TPSA) is 84.7 Å². The lowest BCUT2D eigenvalue weighted by Crippen LogP contribution is -2.41. The molecule has 7 nitrogen and oxygen atoms in total. The average molecular weight is 357 g/mol. The van der Waals surface area contributed by atoms with Gasteiger partial charge in [-0.1, -0.05) is 12.2 Å². The van der Waals surface area contributed by atoms with Gasteiger partial charge < -0.3 is 19.4 Å². The molecule has 2 saturated heterocycles. The number of amides is 2. The lowest BCUT2D eigenvalue weighted by Gasteiger charge is -2.23. The predicted molar refractivity (Wildman–Crippen MR) is 88.6 cm³/mol. The van der Waals surface area contributed by atoms with E-state index in [0.29, 0.717) is 24.0 Å². The summed E-state index contributed by atoms with van der Waals surface area (Å²) in [7, 11) is 0. The Labute approximate surface area is 147 Å². The van der Waals surface area contributed by atoms with Crippen LogP contribution in [0.25, 0.3) is 0 Å². The number of thiazole rings is 1. The average Bonchev–Trinajstić information content (AvgIpc) is 3.37. The molecule has 2 aromatic heterocycles. The number of furan rings is 1. The second kappa shape index (κ2) is 5.27. The van der Waals surface area contributed by atoms with E-state index in [0.717, 1.165) is 0 Å². The standard InChI is InChI=1S/C17H15N3O4S/c21-14(19-16-18-5-7-25-16)12-11-3-4-17(24-11)9-20(15(22)13(12)17)8-10-2-1-6-23-10/h1-7,11-13H,8-9H2,(H,18,19,21)/t11-,12-,13+,17+/m1/s1. The summed E-state index contributed by atoms with van der Waals surface area (Å²) < 4.78 is 11.4. The molecular formula is C17H15N3O4S. The van der Waals surface area contributed by atoms with Crippen molar-refractivity contribution in [2.75, 3.05) is 11.9 Å². The highest BCUT2D eigenvalue weighted by atomic mass is 32.1. The van der Waals surface area contributed by atoms with Gasteiger partial charge in [0.05, 0.1) is 37.3 Å². The van der Waals surface area contributed by atoms with Crippen molar-refractivity contribution in [2.24, 2.45) is 11.8 Å². The first-order chi connectivity index (χ1) is 12.2. The van der Waals surface area contributed by atoms with E-state index in [-0.39, 0.29) is 17.9 Å². The molecule has 2 aromatic rings. The number of hydrogen-bond donors (Lipinski definition) is 1. The van der Waals surface area contributed by atoms with Gasteiger partial charge in [0.25, 0.3) is 0 Å². The first-order valence-corrected chi connectivity index (χ1v) is 8.93. The monoisotopic (exact) mass is 357 g/mol. The fraction of sp³-hybridized carbons (Fsp3) is 0.353. The minimum absolute atomic E-state index is 0.0671. The molecule has 25 heavy (non-hydrogen) atoms. The smallest absolute Gasteiger partial charge is 0.233 e. The van der Waals surface area contributed by atoms with Crippen molar-refractivity contribution < 1.29 is 18.7 Å². The second-order valence-electron chi connectivity index (χ2n) is 6.50. The Balaban J connectivity index is 1.41. The van der Waals surface area contributed by atoms with Crippen LogP contribution >= 0.6 is 11.3 Å². The van der Waals surface area contributed by atoms with E-state index in [2.05, 4.69) is 10.3 Å². The number of nitrogens with zero attached hydrogens (tertiary/aromatic N) is 2. The van der Waals surface area contributed by atoms with Crippen LogP contribution in [0.15, 0.2) is 46.5 Å². The number of anilines is 1. The van der Waals surface area contributed by atoms with Gasteiger partial charge in [-0.2, -0.15) is 0 Å². The van der Waals surface area contributed by atoms with Crippen molar-refractivity contribution in [3.8, 4) is 0 Å². The van der Waals surface area contributed by atoms with Gasteiger partial charge in [0, 0.05) is 11.6 Å². The molecule has 2 bridgehead atoms. The van der Waals surface area contributed by atoms with Crippen molar-refractivity contribution in [1.82, 2.24) is 9.88 Å². The zero-order valence-electron chi connectivity index (χ0n) is 13.1. The third-order valence-electron chi connectivity index (χ3n) is 5.07. The second-order valence-corrected chi connectivity index (χ2v) is 7.39. The van der Waals surface area contributed by atoms with Gasteiger partial charge >= 0.3 is 0 Å². The summed E-state index contributed by atoms with van der Waals surface area (Å²) in [6.07, 6.45) is 6.69. The molecule has 1 spiro atoms. The maximum absolute atomic E-state index is 13.0. The third-order valence-corrected chi connectivity index (χ3v) is 5.76. The number of ether oxygens (including phenoxy) is 1. The molecule has 2 amide bonds. The minimum Gasteiger partial charge on any atom is -0.467 e. The fourth-order valence-corrected chi connectivity index (χ4v) is 4.61. The highest BCUT2D eigenvalue weighted by Crippen LogP contribution is 2.52. The van der Waals surface area contributed by atoms with Gasteiger partial charge in [-0.05, 0) is 12.1 Å². The maximum atomic E-state index is 13.0. The van der Waals surface area contributed by atoms with Crippen LogP contribution in [0.2, 0.25) is 0 Å². The van der Waals surface area contributed by atoms with Crippen molar-refractivity contribution >= 4 is 28.3 Å². The number of fused-ring (bicyclic) bond motifs is 1. The van der Waals surface area contributed by atoms with Gasteiger partial charge in [-0.25, -0.2) is 4.98 Å². The summed E-state index contributed by atoms with van der Waals surface area (Å²) in [5, 5.41) is 5.13. The van der Waals surface area contributed by atoms with Gasteiger partial charge in [-0.3, -0.25) is 9.59 Å². The van der Waals surface area contributed by atoms with E-state index >= 15 is 0 Å². The molecule has 0 radical (unpaired) electrons. The van der Waals surface area contributed by atoms with Crippen LogP contribution in [0.4, 0.5) is 5.13 Å². The molecule has 3 aliphatic heterocycles. The van der Waals surface area contributed by atoms with Gasteiger partial charge in [0.15, 0.2) is 5.13 Å². The summed E-state index contributed by atoms with van der Waals surface area (Å²) in [5.41, 5.74) is -0.709. The summed E-state index contributed by atoms with van der Waals surface area (Å²) in [6, 6.07) is 3.63. The molecule has 2 fully saturated rings. The summed E-state index contributed by atoms with van der Waals surface area (Å²) in [5.74, 6) is -0.612. The van der Waals surface area contributed by atoms with Crippen molar-refractivity contribution in [2.45, 2.75) is 18.2 Å². The van der Waals surface area contributed by atoms with E-state index in [1.54, 1.807) is 28.8 Å². The quantitative estimate of drug-likeness (QED) is 0.841. The predicted octanol–water partition coefficient (Wildman–Crippen LogP) is 1.66. The molecule has 128 valence electrons. The Morgan fingerprint density at radius 1 is 1.52 bits per heavy atom. The molecule has 0 aromatic carbocycles. The summed E-state index contributed by atoms with van der Waals surface area (Å²) >= 11 is 1.35. The van der Waals surface area contributed by atoms with Crippen LogP contribution in [0.3, 0.4) is 0 Å². The number of hydrogen-bond acceptors (Lipinski definition) is 6. The number of rotatable bonds is 4. The number of carbonyl (C=O) groups excluding carboxylic acids is 2. The SMILES string of the molecule is O=C(Nc1nccs1)[C@H]1[C@H]2C(=O)N(Cc3ccco3)C[C@@]23C=C[C@H]1O3. The van der Waals surface area contributed by atoms with Crippen molar-refractivity contribution in [3.05, 3.63) is 47.9 Å². The highest BCUT2D eigenvalue weighted by Gasteiger charge is 2.66. The molecular weight excluding hydrogens is 342 g/mol. The Hall–Kier alpha value is -2.45. The Morgan fingerprint density at radius 2 is 2.44 bits per heavy atom. The fourth-order valence-electron chi connectivity index (χ4n) is 4.08. The van der Waals surface area contributed by atoms with E-state index < -0.39 is 17.4 Å². The molecule has 5 heterocycles. The largest absolute Gasteiger partial charge is 0.467 e. The normalized spacial score (nSPS) is 32.4. The van der Waals surface area contributed by atoms with Crippen molar-refractivity contribution in [3.63, 3.8) is 0 Å². The van der Waals surface area contributed by atoms with Crippen molar-refractivity contribution in [1.29, 1.82) is 0 Å². The van der Waals surface area contributed by atoms with Crippen LogP contribution < -0.4 is 5.32 Å². The Bertz CT molecular complexity index is 847. The molecule has 0 unspecified atom stereocenters.